The highest BCUT2D eigenvalue weighted by atomic mass is 35.5. The Morgan fingerprint density at radius 2 is 2.05 bits per heavy atom. The van der Waals surface area contributed by atoms with Crippen molar-refractivity contribution in [1.82, 2.24) is 4.90 Å². The topological polar surface area (TPSA) is 38.5 Å². The molecule has 1 aliphatic heterocycles. The lowest BCUT2D eigenvalue weighted by Crippen LogP contribution is -2.37. The van der Waals surface area contributed by atoms with Gasteiger partial charge in [0.2, 0.25) is 0 Å². The molecule has 0 saturated carbocycles. The van der Waals surface area contributed by atoms with Gasteiger partial charge in [-0.2, -0.15) is 0 Å². The summed E-state index contributed by atoms with van der Waals surface area (Å²) in [6.07, 6.45) is 2.43. The van der Waals surface area contributed by atoms with Crippen LogP contribution < -0.4 is 10.5 Å². The number of likely N-dealkylation sites (tertiary alicyclic amines) is 1. The number of halogens is 1. The van der Waals surface area contributed by atoms with Crippen molar-refractivity contribution in [3.05, 3.63) is 29.3 Å². The van der Waals surface area contributed by atoms with E-state index < -0.39 is 0 Å². The van der Waals surface area contributed by atoms with Gasteiger partial charge in [0.05, 0.1) is 11.6 Å². The van der Waals surface area contributed by atoms with Gasteiger partial charge in [0.25, 0.3) is 0 Å². The summed E-state index contributed by atoms with van der Waals surface area (Å²) in [5.41, 5.74) is 5.91. The maximum Gasteiger partial charge on any atom is 0.137 e. The van der Waals surface area contributed by atoms with Crippen LogP contribution in [-0.4, -0.2) is 38.2 Å². The number of hydrogen-bond acceptors (Lipinski definition) is 3. The Morgan fingerprint density at radius 3 is 2.68 bits per heavy atom. The van der Waals surface area contributed by atoms with E-state index in [0.717, 1.165) is 18.8 Å². The third-order valence-electron chi connectivity index (χ3n) is 4.02. The smallest absolute Gasteiger partial charge is 0.137 e. The van der Waals surface area contributed by atoms with E-state index in [-0.39, 0.29) is 0 Å². The van der Waals surface area contributed by atoms with E-state index in [0.29, 0.717) is 30.0 Å². The van der Waals surface area contributed by atoms with Crippen LogP contribution in [-0.2, 0) is 0 Å². The molecule has 0 spiro atoms. The molecule has 0 aliphatic carbocycles. The number of para-hydroxylation sites is 1. The van der Waals surface area contributed by atoms with Crippen LogP contribution in [0.1, 0.15) is 12.8 Å². The number of benzene rings is 1. The molecule has 19 heavy (non-hydrogen) atoms. The maximum absolute atomic E-state index is 6.09. The molecule has 1 aromatic rings. The van der Waals surface area contributed by atoms with Crippen LogP contribution in [0.3, 0.4) is 0 Å². The number of hydrogen-bond donors (Lipinski definition) is 1. The highest BCUT2D eigenvalue weighted by Gasteiger charge is 2.25. The van der Waals surface area contributed by atoms with Gasteiger partial charge in [0.15, 0.2) is 0 Å². The van der Waals surface area contributed by atoms with Crippen molar-refractivity contribution < 1.29 is 4.74 Å². The molecule has 0 amide bonds. The van der Waals surface area contributed by atoms with Crippen LogP contribution in [0, 0.1) is 11.8 Å². The Kier molecular flexibility index (Phi) is 5.49. The summed E-state index contributed by atoms with van der Waals surface area (Å²) in [5, 5.41) is 0.668. The van der Waals surface area contributed by atoms with E-state index in [1.54, 1.807) is 0 Å². The summed E-state index contributed by atoms with van der Waals surface area (Å²) in [6.45, 7) is 3.66. The summed E-state index contributed by atoms with van der Waals surface area (Å²) < 4.78 is 5.84. The Morgan fingerprint density at radius 1 is 1.37 bits per heavy atom. The van der Waals surface area contributed by atoms with Gasteiger partial charge in [0, 0.05) is 5.92 Å². The number of nitrogens with two attached hydrogens (primary N) is 1. The molecule has 0 bridgehead atoms. The van der Waals surface area contributed by atoms with Crippen molar-refractivity contribution in [2.24, 2.45) is 17.6 Å². The second-order valence-electron chi connectivity index (χ2n) is 5.38. The van der Waals surface area contributed by atoms with Gasteiger partial charge >= 0.3 is 0 Å². The number of ether oxygens (including phenoxy) is 1. The van der Waals surface area contributed by atoms with Crippen LogP contribution in [0.5, 0.6) is 5.75 Å². The van der Waals surface area contributed by atoms with Crippen LogP contribution in [0.4, 0.5) is 0 Å². The normalized spacial score (nSPS) is 19.3. The van der Waals surface area contributed by atoms with Crippen LogP contribution in [0.2, 0.25) is 5.02 Å². The lowest BCUT2D eigenvalue weighted by Gasteiger charge is -2.33. The Labute approximate surface area is 120 Å². The van der Waals surface area contributed by atoms with E-state index in [9.17, 15) is 0 Å². The Balaban J connectivity index is 1.87. The minimum atomic E-state index is 0.421. The Hall–Kier alpha value is -0.770. The monoisotopic (exact) mass is 282 g/mol. The minimum absolute atomic E-state index is 0.421. The predicted octanol–water partition coefficient (Wildman–Crippen LogP) is 2.64. The molecule has 2 N–H and O–H groups in total. The van der Waals surface area contributed by atoms with Gasteiger partial charge in [0.1, 0.15) is 5.75 Å². The summed E-state index contributed by atoms with van der Waals surface area (Å²) >= 11 is 6.09. The third-order valence-corrected chi connectivity index (χ3v) is 4.33. The zero-order valence-electron chi connectivity index (χ0n) is 11.5. The van der Waals surface area contributed by atoms with Crippen molar-refractivity contribution in [2.75, 3.05) is 33.3 Å². The van der Waals surface area contributed by atoms with Crippen molar-refractivity contribution >= 4 is 11.6 Å². The number of rotatable bonds is 5. The average Bonchev–Trinajstić information content (AvgIpc) is 2.43. The summed E-state index contributed by atoms with van der Waals surface area (Å²) in [7, 11) is 2.17. The van der Waals surface area contributed by atoms with Gasteiger partial charge in [-0.1, -0.05) is 23.7 Å². The summed E-state index contributed by atoms with van der Waals surface area (Å²) in [5.74, 6) is 1.85. The zero-order chi connectivity index (χ0) is 13.7. The van der Waals surface area contributed by atoms with Crippen LogP contribution >= 0.6 is 11.6 Å². The third kappa shape index (κ3) is 4.10. The van der Waals surface area contributed by atoms with Crippen LogP contribution in [0.25, 0.3) is 0 Å². The molecule has 1 aliphatic rings. The van der Waals surface area contributed by atoms with Crippen molar-refractivity contribution in [3.8, 4) is 5.75 Å². The first kappa shape index (κ1) is 14.6. The molecule has 4 heteroatoms. The van der Waals surface area contributed by atoms with Crippen LogP contribution in [0.15, 0.2) is 24.3 Å². The molecule has 1 heterocycles. The molecule has 0 radical (unpaired) electrons. The van der Waals surface area contributed by atoms with Gasteiger partial charge in [-0.05, 0) is 57.6 Å². The summed E-state index contributed by atoms with van der Waals surface area (Å²) in [6, 6.07) is 7.61. The molecule has 1 unspecified atom stereocenters. The fraction of sp³-hybridized carbons (Fsp3) is 0.600. The van der Waals surface area contributed by atoms with Crippen molar-refractivity contribution in [2.45, 2.75) is 12.8 Å². The molecule has 106 valence electrons. The molecule has 1 atom stereocenters. The molecule has 3 nitrogen and oxygen atoms in total. The molecule has 1 aromatic carbocycles. The highest BCUT2D eigenvalue weighted by molar-refractivity contribution is 6.32. The largest absolute Gasteiger partial charge is 0.492 e. The molecule has 1 fully saturated rings. The van der Waals surface area contributed by atoms with Gasteiger partial charge in [-0.3, -0.25) is 0 Å². The van der Waals surface area contributed by atoms with E-state index in [1.807, 2.05) is 24.3 Å². The molecular weight excluding hydrogens is 260 g/mol. The number of piperidine rings is 1. The second-order valence-corrected chi connectivity index (χ2v) is 5.79. The molecule has 0 aromatic heterocycles. The quantitative estimate of drug-likeness (QED) is 0.902. The molecular formula is C15H23ClN2O. The lowest BCUT2D eigenvalue weighted by atomic mass is 9.85. The van der Waals surface area contributed by atoms with E-state index >= 15 is 0 Å². The summed E-state index contributed by atoms with van der Waals surface area (Å²) in [4.78, 5) is 2.37. The van der Waals surface area contributed by atoms with E-state index in [1.165, 1.54) is 12.8 Å². The van der Waals surface area contributed by atoms with Gasteiger partial charge < -0.3 is 15.4 Å². The fourth-order valence-corrected chi connectivity index (χ4v) is 2.85. The van der Waals surface area contributed by atoms with Gasteiger partial charge in [-0.15, -0.1) is 0 Å². The van der Waals surface area contributed by atoms with Crippen molar-refractivity contribution in [1.29, 1.82) is 0 Å². The maximum atomic E-state index is 6.09. The first-order valence-corrected chi connectivity index (χ1v) is 7.34. The SMILES string of the molecule is CN1CCC(C(CN)COc2ccccc2Cl)CC1. The predicted molar refractivity (Wildman–Crippen MR) is 79.7 cm³/mol. The van der Waals surface area contributed by atoms with E-state index in [4.69, 9.17) is 22.1 Å². The lowest BCUT2D eigenvalue weighted by molar-refractivity contribution is 0.132. The first-order chi connectivity index (χ1) is 9.20. The second kappa shape index (κ2) is 7.13. The first-order valence-electron chi connectivity index (χ1n) is 6.96. The average molecular weight is 283 g/mol. The highest BCUT2D eigenvalue weighted by Crippen LogP contribution is 2.27. The molecule has 2 rings (SSSR count). The fourth-order valence-electron chi connectivity index (χ4n) is 2.66. The Bertz CT molecular complexity index is 391. The van der Waals surface area contributed by atoms with Gasteiger partial charge in [-0.25, -0.2) is 0 Å². The van der Waals surface area contributed by atoms with Crippen molar-refractivity contribution in [3.63, 3.8) is 0 Å². The number of nitrogens with zero attached hydrogens (tertiary/aromatic N) is 1. The zero-order valence-corrected chi connectivity index (χ0v) is 12.3. The minimum Gasteiger partial charge on any atom is -0.492 e. The van der Waals surface area contributed by atoms with E-state index in [2.05, 4.69) is 11.9 Å². The molecule has 1 saturated heterocycles. The standard InChI is InChI=1S/C15H23ClN2O/c1-18-8-6-12(7-9-18)13(10-17)11-19-15-5-3-2-4-14(15)16/h2-5,12-13H,6-11,17H2,1H3.